The molecule has 0 saturated carbocycles. The van der Waals surface area contributed by atoms with Crippen molar-refractivity contribution in [2.24, 2.45) is 5.73 Å². The normalized spacial score (nSPS) is 17.0. The number of hydrogen-bond acceptors (Lipinski definition) is 3. The molecule has 1 unspecified atom stereocenters. The molecule has 1 aliphatic rings. The van der Waals surface area contributed by atoms with Crippen LogP contribution in [0.3, 0.4) is 0 Å². The van der Waals surface area contributed by atoms with Gasteiger partial charge in [-0.1, -0.05) is 19.8 Å². The first-order valence-electron chi connectivity index (χ1n) is 7.43. The molecule has 0 fully saturated rings. The highest BCUT2D eigenvalue weighted by Crippen LogP contribution is 2.39. The summed E-state index contributed by atoms with van der Waals surface area (Å²) >= 11 is 1.73. The number of rotatable bonds is 4. The number of aryl methyl sites for hydroxylation is 1. The number of thiophene rings is 1. The summed E-state index contributed by atoms with van der Waals surface area (Å²) in [5.74, 6) is -1.80. The van der Waals surface area contributed by atoms with E-state index in [9.17, 15) is 13.2 Å². The summed E-state index contributed by atoms with van der Waals surface area (Å²) in [4.78, 5) is 11.3. The third-order valence-corrected chi connectivity index (χ3v) is 4.90. The number of nitrogen functional groups attached to an aromatic ring is 1. The van der Waals surface area contributed by atoms with Crippen LogP contribution < -0.4 is 5.73 Å². The number of carboxylic acid groups (broad SMARTS) is 1. The van der Waals surface area contributed by atoms with Crippen LogP contribution >= 0.6 is 11.3 Å². The Kier molecular flexibility index (Phi) is 7.05. The fourth-order valence-electron chi connectivity index (χ4n) is 2.53. The van der Waals surface area contributed by atoms with Crippen molar-refractivity contribution in [2.75, 3.05) is 0 Å². The average Bonchev–Trinajstić information content (AvgIpc) is 2.89. The van der Waals surface area contributed by atoms with Crippen molar-refractivity contribution >= 4 is 23.1 Å². The van der Waals surface area contributed by atoms with Gasteiger partial charge in [0, 0.05) is 4.88 Å². The lowest BCUT2D eigenvalue weighted by atomic mass is 9.84. The van der Waals surface area contributed by atoms with Gasteiger partial charge in [0.05, 0.1) is 4.88 Å². The molecule has 130 valence electrons. The van der Waals surface area contributed by atoms with Crippen molar-refractivity contribution in [3.8, 4) is 0 Å². The Hall–Kier alpha value is -1.57. The maximum Gasteiger partial charge on any atom is 0.490 e. The van der Waals surface area contributed by atoms with E-state index < -0.39 is 12.1 Å². The fraction of sp³-hybridized carbons (Fsp3) is 0.600. The van der Waals surface area contributed by atoms with Crippen LogP contribution in [0, 0.1) is 5.41 Å². The molecule has 0 radical (unpaired) electrons. The van der Waals surface area contributed by atoms with Crippen molar-refractivity contribution in [3.63, 3.8) is 0 Å². The number of nitrogens with two attached hydrogens (primary N) is 1. The maximum atomic E-state index is 10.6. The quantitative estimate of drug-likeness (QED) is 0.559. The highest BCUT2D eigenvalue weighted by Gasteiger charge is 2.38. The lowest BCUT2D eigenvalue weighted by Crippen LogP contribution is -2.21. The fourth-order valence-corrected chi connectivity index (χ4v) is 3.68. The molecule has 1 atom stereocenters. The molecule has 23 heavy (non-hydrogen) atoms. The van der Waals surface area contributed by atoms with Crippen molar-refractivity contribution in [2.45, 2.75) is 57.5 Å². The molecule has 0 saturated heterocycles. The summed E-state index contributed by atoms with van der Waals surface area (Å²) in [6.45, 7) is 2.25. The zero-order valence-corrected chi connectivity index (χ0v) is 13.7. The van der Waals surface area contributed by atoms with E-state index in [0.717, 1.165) is 10.8 Å². The van der Waals surface area contributed by atoms with Crippen LogP contribution in [0.4, 0.5) is 13.2 Å². The predicted molar refractivity (Wildman–Crippen MR) is 84.2 cm³/mol. The molecule has 0 aliphatic heterocycles. The molecule has 0 bridgehead atoms. The van der Waals surface area contributed by atoms with Gasteiger partial charge in [0.25, 0.3) is 0 Å². The minimum absolute atomic E-state index is 0.230. The van der Waals surface area contributed by atoms with Gasteiger partial charge in [0.2, 0.25) is 0 Å². The number of fused-ring (bicyclic) bond motifs is 1. The number of hydrogen-bond donors (Lipinski definition) is 3. The van der Waals surface area contributed by atoms with Crippen molar-refractivity contribution in [1.82, 2.24) is 0 Å². The second-order valence-electron chi connectivity index (χ2n) is 5.44. The van der Waals surface area contributed by atoms with E-state index in [-0.39, 0.29) is 5.84 Å². The number of unbranched alkanes of at least 4 members (excludes halogenated alkanes) is 1. The third-order valence-electron chi connectivity index (χ3n) is 3.65. The smallest absolute Gasteiger partial charge is 0.475 e. The summed E-state index contributed by atoms with van der Waals surface area (Å²) in [6, 6.07) is 2.17. The summed E-state index contributed by atoms with van der Waals surface area (Å²) < 4.78 is 31.7. The van der Waals surface area contributed by atoms with Gasteiger partial charge in [0.15, 0.2) is 0 Å². The van der Waals surface area contributed by atoms with Crippen molar-refractivity contribution in [3.05, 3.63) is 21.4 Å². The largest absolute Gasteiger partial charge is 0.490 e. The van der Waals surface area contributed by atoms with Crippen LogP contribution in [0.5, 0.6) is 0 Å². The second-order valence-corrected chi connectivity index (χ2v) is 6.57. The Morgan fingerprint density at radius 1 is 1.52 bits per heavy atom. The molecule has 0 spiro atoms. The number of carbonyl (C=O) groups is 1. The summed E-state index contributed by atoms with van der Waals surface area (Å²) in [6.07, 6.45) is 2.62. The minimum Gasteiger partial charge on any atom is -0.475 e. The van der Waals surface area contributed by atoms with Crippen molar-refractivity contribution < 1.29 is 23.1 Å². The van der Waals surface area contributed by atoms with Crippen LogP contribution in [0.15, 0.2) is 6.07 Å². The molecule has 1 heterocycles. The van der Waals surface area contributed by atoms with Gasteiger partial charge < -0.3 is 10.8 Å². The van der Waals surface area contributed by atoms with Gasteiger partial charge in [-0.05, 0) is 43.2 Å². The van der Waals surface area contributed by atoms with Gasteiger partial charge in [0.1, 0.15) is 5.84 Å². The molecule has 2 rings (SSSR count). The number of aliphatic carboxylic acids is 1. The molecule has 8 heteroatoms. The van der Waals surface area contributed by atoms with E-state index in [4.69, 9.17) is 21.0 Å². The zero-order chi connectivity index (χ0) is 17.6. The number of halogens is 3. The number of carboxylic acids is 1. The topological polar surface area (TPSA) is 87.2 Å². The van der Waals surface area contributed by atoms with E-state index >= 15 is 0 Å². The Bertz CT molecular complexity index is 555. The summed E-state index contributed by atoms with van der Waals surface area (Å²) in [7, 11) is 0. The van der Waals surface area contributed by atoms with Crippen LogP contribution in [0.1, 0.15) is 60.3 Å². The van der Waals surface area contributed by atoms with Crippen LogP contribution in [-0.4, -0.2) is 23.1 Å². The molecule has 1 aromatic rings. The highest BCUT2D eigenvalue weighted by molar-refractivity contribution is 7.14. The standard InChI is InChI=1S/C13H20N2S.C2HF3O2/c1-2-3-5-9-6-4-7-11-10(9)8-12(16-11)13(14)15;3-2(4,5)1(6)7/h8-9H,2-7H2,1H3,(H3,14,15);(H,6,7). The zero-order valence-electron chi connectivity index (χ0n) is 12.9. The van der Waals surface area contributed by atoms with Gasteiger partial charge in [-0.15, -0.1) is 11.3 Å². The summed E-state index contributed by atoms with van der Waals surface area (Å²) in [5, 5.41) is 14.6. The molecular weight excluding hydrogens is 329 g/mol. The van der Waals surface area contributed by atoms with Gasteiger partial charge in [-0.2, -0.15) is 13.2 Å². The Balaban J connectivity index is 0.000000322. The van der Waals surface area contributed by atoms with Gasteiger partial charge in [-0.3, -0.25) is 5.41 Å². The van der Waals surface area contributed by atoms with Crippen molar-refractivity contribution in [1.29, 1.82) is 5.41 Å². The van der Waals surface area contributed by atoms with Crippen LogP contribution in [0.2, 0.25) is 0 Å². The van der Waals surface area contributed by atoms with Gasteiger partial charge in [-0.25, -0.2) is 4.79 Å². The Labute approximate surface area is 137 Å². The lowest BCUT2D eigenvalue weighted by Gasteiger charge is -2.22. The first kappa shape index (κ1) is 19.5. The molecule has 0 amide bonds. The van der Waals surface area contributed by atoms with E-state index in [0.29, 0.717) is 0 Å². The molecule has 1 aromatic heterocycles. The van der Waals surface area contributed by atoms with E-state index in [1.807, 2.05) is 0 Å². The summed E-state index contributed by atoms with van der Waals surface area (Å²) in [5.41, 5.74) is 7.06. The predicted octanol–water partition coefficient (Wildman–Crippen LogP) is 4.28. The molecule has 0 aromatic carbocycles. The minimum atomic E-state index is -5.08. The second kappa shape index (κ2) is 8.33. The van der Waals surface area contributed by atoms with Crippen LogP contribution in [-0.2, 0) is 11.2 Å². The van der Waals surface area contributed by atoms with E-state index in [2.05, 4.69) is 13.0 Å². The SMILES string of the molecule is CCCCC1CCCc2sc(C(=N)N)cc21.O=C(O)C(F)(F)F. The van der Waals surface area contributed by atoms with Gasteiger partial charge >= 0.3 is 12.1 Å². The number of amidine groups is 1. The average molecular weight is 350 g/mol. The lowest BCUT2D eigenvalue weighted by molar-refractivity contribution is -0.192. The van der Waals surface area contributed by atoms with E-state index in [1.54, 1.807) is 11.3 Å². The molecular formula is C15H21F3N2O2S. The third kappa shape index (κ3) is 5.85. The molecule has 4 nitrogen and oxygen atoms in total. The monoisotopic (exact) mass is 350 g/mol. The Morgan fingerprint density at radius 2 is 2.13 bits per heavy atom. The Morgan fingerprint density at radius 3 is 2.61 bits per heavy atom. The molecule has 4 N–H and O–H groups in total. The number of nitrogens with one attached hydrogen (secondary N) is 1. The molecule has 1 aliphatic carbocycles. The maximum absolute atomic E-state index is 10.6. The first-order valence-corrected chi connectivity index (χ1v) is 8.25. The first-order chi connectivity index (χ1) is 10.7. The highest BCUT2D eigenvalue weighted by atomic mass is 32.1. The van der Waals surface area contributed by atoms with Crippen LogP contribution in [0.25, 0.3) is 0 Å². The van der Waals surface area contributed by atoms with E-state index in [1.165, 1.54) is 49.0 Å². The number of alkyl halides is 3.